The molecule has 20 nitrogen and oxygen atoms in total. The van der Waals surface area contributed by atoms with Crippen molar-refractivity contribution in [1.29, 1.82) is 0 Å². The molecule has 0 aliphatic carbocycles. The smallest absolute Gasteiger partial charge is 0.243 e. The van der Waals surface area contributed by atoms with E-state index in [2.05, 4.69) is 36.9 Å². The van der Waals surface area contributed by atoms with Gasteiger partial charge in [0.05, 0.1) is 6.54 Å². The van der Waals surface area contributed by atoms with Gasteiger partial charge in [-0.3, -0.25) is 38.6 Å². The van der Waals surface area contributed by atoms with E-state index in [1.807, 2.05) is 34.6 Å². The van der Waals surface area contributed by atoms with Crippen LogP contribution in [0.15, 0.2) is 4.99 Å². The van der Waals surface area contributed by atoms with E-state index in [0.717, 1.165) is 0 Å². The molecule has 0 aliphatic rings. The van der Waals surface area contributed by atoms with Crippen molar-refractivity contribution in [2.24, 2.45) is 57.1 Å². The van der Waals surface area contributed by atoms with Crippen molar-refractivity contribution in [2.45, 2.75) is 148 Å². The normalized spacial score (nSPS) is 14.8. The lowest BCUT2D eigenvalue weighted by atomic mass is 9.96. The molecule has 0 saturated heterocycles. The summed E-state index contributed by atoms with van der Waals surface area (Å²) in [6.07, 6.45) is 3.88. The van der Waals surface area contributed by atoms with E-state index < -0.39 is 77.6 Å². The van der Waals surface area contributed by atoms with Gasteiger partial charge in [0, 0.05) is 6.54 Å². The van der Waals surface area contributed by atoms with Crippen LogP contribution in [-0.4, -0.2) is 110 Å². The van der Waals surface area contributed by atoms with Gasteiger partial charge in [-0.1, -0.05) is 48.0 Å². The fourth-order valence-electron chi connectivity index (χ4n) is 6.01. The van der Waals surface area contributed by atoms with Gasteiger partial charge >= 0.3 is 0 Å². The third-order valence-electron chi connectivity index (χ3n) is 9.44. The molecule has 0 aromatic rings. The van der Waals surface area contributed by atoms with Crippen molar-refractivity contribution in [3.63, 3.8) is 0 Å². The number of carbonyl (C=O) groups excluding carboxylic acids is 7. The van der Waals surface area contributed by atoms with E-state index >= 15 is 0 Å². The van der Waals surface area contributed by atoms with Crippen LogP contribution in [0.3, 0.4) is 0 Å². The minimum Gasteiger partial charge on any atom is -0.370 e. The van der Waals surface area contributed by atoms with E-state index in [1.165, 1.54) is 0 Å². The molecule has 0 aromatic carbocycles. The quantitative estimate of drug-likeness (QED) is 0.0201. The lowest BCUT2D eigenvalue weighted by Crippen LogP contribution is -2.60. The average Bonchev–Trinajstić information content (AvgIpc) is 3.15. The number of amides is 7. The number of primary amides is 1. The molecule has 0 aliphatic heterocycles. The van der Waals surface area contributed by atoms with Crippen molar-refractivity contribution < 1.29 is 33.6 Å². The number of hydrogen-bond donors (Lipinski definition) is 12. The third kappa shape index (κ3) is 22.4. The molecule has 0 spiro atoms. The van der Waals surface area contributed by atoms with Crippen molar-refractivity contribution in [1.82, 2.24) is 31.9 Å². The van der Waals surface area contributed by atoms with Gasteiger partial charge in [0.25, 0.3) is 0 Å². The molecule has 0 fully saturated rings. The minimum atomic E-state index is -1.21. The Hall–Kier alpha value is -4.56. The number of nitrogens with two attached hydrogens (primary N) is 6. The van der Waals surface area contributed by atoms with Gasteiger partial charge in [-0.05, 0) is 95.1 Å². The van der Waals surface area contributed by atoms with Crippen LogP contribution < -0.4 is 66.3 Å². The van der Waals surface area contributed by atoms with Gasteiger partial charge in [0.2, 0.25) is 41.4 Å². The highest BCUT2D eigenvalue weighted by molar-refractivity contribution is 5.97. The van der Waals surface area contributed by atoms with E-state index in [0.29, 0.717) is 51.6 Å². The van der Waals surface area contributed by atoms with Gasteiger partial charge in [-0.2, -0.15) is 0 Å². The van der Waals surface area contributed by atoms with Crippen molar-refractivity contribution in [3.8, 4) is 0 Å². The summed E-state index contributed by atoms with van der Waals surface area (Å²) in [5.74, 6) is -5.03. The molecular weight excluding hydrogens is 751 g/mol. The standard InChI is InChI=1S/C38H75N13O7/c1-7-24(6)31(37(58)47-25(32(42)53)13-8-10-16-39)51-34(55)27(15-12-18-45-38(43)44)48-33(54)26(14-9-11-17-40)49-36(57)29(20-23(4)5)50-35(56)28(19-22(2)3)46-30(52)21-41/h22-29,31H,7-21,39-41H2,1-6H3,(H2,42,53)(H,46,52)(H,47,58)(H,48,54)(H,49,57)(H,50,56)(H,51,55)(H4,43,44,45)/t24-,25-,26-,27-,28-,29-,31-/m0/s1. The fourth-order valence-corrected chi connectivity index (χ4v) is 6.01. The van der Waals surface area contributed by atoms with Gasteiger partial charge in [-0.25, -0.2) is 0 Å². The SMILES string of the molecule is CC[C@H](C)[C@H](NC(=O)[C@H](CCCN=C(N)N)NC(=O)[C@H](CCCCN)NC(=O)[C@H](CC(C)C)NC(=O)[C@H](CC(C)C)NC(=O)CN)C(=O)N[C@@H](CCCCN)C(N)=O. The Balaban J connectivity index is 6.53. The molecule has 7 atom stereocenters. The lowest BCUT2D eigenvalue weighted by Gasteiger charge is -2.29. The number of carbonyl (C=O) groups is 7. The first-order chi connectivity index (χ1) is 27.3. The number of unbranched alkanes of at least 4 members (excludes halogenated alkanes) is 2. The van der Waals surface area contributed by atoms with Crippen LogP contribution >= 0.6 is 0 Å². The highest BCUT2D eigenvalue weighted by atomic mass is 16.2. The zero-order valence-electron chi connectivity index (χ0n) is 35.6. The van der Waals surface area contributed by atoms with E-state index in [9.17, 15) is 33.6 Å². The zero-order chi connectivity index (χ0) is 44.4. The Morgan fingerprint density at radius 3 is 1.36 bits per heavy atom. The number of guanidine groups is 1. The molecule has 334 valence electrons. The summed E-state index contributed by atoms with van der Waals surface area (Å²) >= 11 is 0. The van der Waals surface area contributed by atoms with Crippen molar-refractivity contribution in [2.75, 3.05) is 26.2 Å². The predicted octanol–water partition coefficient (Wildman–Crippen LogP) is -2.21. The first-order valence-electron chi connectivity index (χ1n) is 20.6. The second-order valence-electron chi connectivity index (χ2n) is 15.6. The van der Waals surface area contributed by atoms with E-state index in [-0.39, 0.29) is 68.9 Å². The minimum absolute atomic E-state index is 0.0276. The molecule has 0 saturated carbocycles. The molecule has 20 heteroatoms. The first kappa shape index (κ1) is 53.4. The maximum Gasteiger partial charge on any atom is 0.243 e. The summed E-state index contributed by atoms with van der Waals surface area (Å²) in [4.78, 5) is 97.2. The molecule has 18 N–H and O–H groups in total. The van der Waals surface area contributed by atoms with E-state index in [1.54, 1.807) is 6.92 Å². The summed E-state index contributed by atoms with van der Waals surface area (Å²) in [5.41, 5.74) is 33.3. The maximum atomic E-state index is 14.0. The second kappa shape index (κ2) is 29.6. The summed E-state index contributed by atoms with van der Waals surface area (Å²) in [6.45, 7) is 11.7. The number of nitrogens with one attached hydrogen (secondary N) is 6. The van der Waals surface area contributed by atoms with Crippen LogP contribution in [0, 0.1) is 17.8 Å². The van der Waals surface area contributed by atoms with Gasteiger partial charge < -0.3 is 66.3 Å². The van der Waals surface area contributed by atoms with Crippen LogP contribution in [0.2, 0.25) is 0 Å². The van der Waals surface area contributed by atoms with Crippen molar-refractivity contribution >= 4 is 47.3 Å². The molecule has 58 heavy (non-hydrogen) atoms. The Bertz CT molecular complexity index is 1330. The molecular formula is C38H75N13O7. The zero-order valence-corrected chi connectivity index (χ0v) is 35.6. The van der Waals surface area contributed by atoms with E-state index in [4.69, 9.17) is 34.4 Å². The third-order valence-corrected chi connectivity index (χ3v) is 9.44. The van der Waals surface area contributed by atoms with Gasteiger partial charge in [-0.15, -0.1) is 0 Å². The summed E-state index contributed by atoms with van der Waals surface area (Å²) in [6, 6.07) is -6.46. The molecule has 0 heterocycles. The molecule has 0 unspecified atom stereocenters. The lowest BCUT2D eigenvalue weighted by molar-refractivity contribution is -0.136. The van der Waals surface area contributed by atoms with Crippen LogP contribution in [0.5, 0.6) is 0 Å². The Labute approximate surface area is 344 Å². The molecule has 0 aromatic heterocycles. The topological polar surface area (TPSA) is 360 Å². The number of aliphatic imine (C=N–C) groups is 1. The van der Waals surface area contributed by atoms with Crippen LogP contribution in [0.4, 0.5) is 0 Å². The Morgan fingerprint density at radius 1 is 0.517 bits per heavy atom. The van der Waals surface area contributed by atoms with Crippen LogP contribution in [0.1, 0.15) is 112 Å². The number of rotatable bonds is 31. The molecule has 0 radical (unpaired) electrons. The summed E-state index contributed by atoms with van der Waals surface area (Å²) < 4.78 is 0. The molecule has 0 rings (SSSR count). The van der Waals surface area contributed by atoms with Gasteiger partial charge in [0.1, 0.15) is 36.3 Å². The Kier molecular flexibility index (Phi) is 27.3. The second-order valence-corrected chi connectivity index (χ2v) is 15.6. The summed E-state index contributed by atoms with van der Waals surface area (Å²) in [7, 11) is 0. The maximum absolute atomic E-state index is 14.0. The molecule has 0 bridgehead atoms. The fraction of sp³-hybridized carbons (Fsp3) is 0.789. The van der Waals surface area contributed by atoms with Crippen LogP contribution in [0.25, 0.3) is 0 Å². The van der Waals surface area contributed by atoms with Gasteiger partial charge in [0.15, 0.2) is 5.96 Å². The monoisotopic (exact) mass is 826 g/mol. The predicted molar refractivity (Wildman–Crippen MR) is 224 cm³/mol. The highest BCUT2D eigenvalue weighted by Crippen LogP contribution is 2.13. The largest absolute Gasteiger partial charge is 0.370 e. The summed E-state index contributed by atoms with van der Waals surface area (Å²) in [5, 5.41) is 16.3. The van der Waals surface area contributed by atoms with Crippen LogP contribution in [-0.2, 0) is 33.6 Å². The Morgan fingerprint density at radius 2 is 0.931 bits per heavy atom. The molecule has 7 amide bonds. The number of nitrogens with zero attached hydrogens (tertiary/aromatic N) is 1. The highest BCUT2D eigenvalue weighted by Gasteiger charge is 2.34. The average molecular weight is 826 g/mol. The van der Waals surface area contributed by atoms with Crippen molar-refractivity contribution in [3.05, 3.63) is 0 Å². The number of hydrogen-bond acceptors (Lipinski definition) is 11. The first-order valence-corrected chi connectivity index (χ1v) is 20.6.